The highest BCUT2D eigenvalue weighted by atomic mass is 16.1. The van der Waals surface area contributed by atoms with Crippen molar-refractivity contribution in [2.24, 2.45) is 11.8 Å². The number of nitrogens with zero attached hydrogens (tertiary/aromatic N) is 1. The highest BCUT2D eigenvalue weighted by molar-refractivity contribution is 5.84. The van der Waals surface area contributed by atoms with Crippen LogP contribution in [0.5, 0.6) is 0 Å². The Kier molecular flexibility index (Phi) is 3.48. The monoisotopic (exact) mass is 183 g/mol. The molecule has 1 saturated heterocycles. The summed E-state index contributed by atoms with van der Waals surface area (Å²) in [5.41, 5.74) is 0. The third kappa shape index (κ3) is 1.93. The van der Waals surface area contributed by atoms with Crippen LogP contribution in [0.25, 0.3) is 0 Å². The molecule has 0 aromatic rings. The van der Waals surface area contributed by atoms with Gasteiger partial charge < -0.3 is 0 Å². The molecule has 1 heterocycles. The molecule has 1 rings (SSSR count). The minimum Gasteiger partial charge on any atom is -0.298 e. The molecule has 0 aromatic carbocycles. The van der Waals surface area contributed by atoms with E-state index in [4.69, 9.17) is 0 Å². The van der Waals surface area contributed by atoms with Crippen LogP contribution >= 0.6 is 0 Å². The second-order valence-corrected chi connectivity index (χ2v) is 4.19. The molecular weight excluding hydrogens is 162 g/mol. The van der Waals surface area contributed by atoms with Gasteiger partial charge in [-0.15, -0.1) is 0 Å². The minimum absolute atomic E-state index is 0.199. The Morgan fingerprint density at radius 3 is 2.46 bits per heavy atom. The summed E-state index contributed by atoms with van der Waals surface area (Å²) in [5, 5.41) is 0. The van der Waals surface area contributed by atoms with Crippen molar-refractivity contribution in [3.63, 3.8) is 0 Å². The van der Waals surface area contributed by atoms with E-state index in [0.717, 1.165) is 13.1 Å². The second kappa shape index (κ2) is 4.23. The highest BCUT2D eigenvalue weighted by Gasteiger charge is 2.38. The first-order valence-electron chi connectivity index (χ1n) is 5.38. The summed E-state index contributed by atoms with van der Waals surface area (Å²) in [5.74, 6) is 1.62. The predicted molar refractivity (Wildman–Crippen MR) is 54.7 cm³/mol. The van der Waals surface area contributed by atoms with Gasteiger partial charge in [-0.05, 0) is 18.4 Å². The molecule has 0 spiro atoms. The lowest BCUT2D eigenvalue weighted by molar-refractivity contribution is -0.124. The van der Waals surface area contributed by atoms with Crippen molar-refractivity contribution < 1.29 is 4.79 Å². The van der Waals surface area contributed by atoms with Crippen LogP contribution in [0, 0.1) is 11.8 Å². The maximum atomic E-state index is 11.7. The van der Waals surface area contributed by atoms with Gasteiger partial charge in [0.25, 0.3) is 0 Å². The van der Waals surface area contributed by atoms with Gasteiger partial charge >= 0.3 is 0 Å². The van der Waals surface area contributed by atoms with E-state index in [2.05, 4.69) is 25.7 Å². The molecular formula is C11H21NO. The smallest absolute Gasteiger partial charge is 0.149 e. The Balaban J connectivity index is 2.73. The van der Waals surface area contributed by atoms with Gasteiger partial charge in [-0.3, -0.25) is 9.69 Å². The van der Waals surface area contributed by atoms with E-state index in [-0.39, 0.29) is 6.04 Å². The SMILES string of the molecule is CCC(=O)C1C(C)C(C)CN1CC. The molecule has 76 valence electrons. The molecule has 3 unspecified atom stereocenters. The maximum absolute atomic E-state index is 11.7. The van der Waals surface area contributed by atoms with E-state index in [9.17, 15) is 4.79 Å². The molecule has 0 saturated carbocycles. The van der Waals surface area contributed by atoms with Gasteiger partial charge in [0, 0.05) is 13.0 Å². The third-order valence-electron chi connectivity index (χ3n) is 3.40. The zero-order valence-corrected chi connectivity index (χ0v) is 9.21. The molecule has 2 nitrogen and oxygen atoms in total. The standard InChI is InChI=1S/C11H21NO/c1-5-10(13)11-9(4)8(3)7-12(11)6-2/h8-9,11H,5-7H2,1-4H3. The summed E-state index contributed by atoms with van der Waals surface area (Å²) >= 11 is 0. The molecule has 0 aromatic heterocycles. The van der Waals surface area contributed by atoms with Crippen molar-refractivity contribution in [1.29, 1.82) is 0 Å². The van der Waals surface area contributed by atoms with Gasteiger partial charge in [-0.1, -0.05) is 27.7 Å². The summed E-state index contributed by atoms with van der Waals surface area (Å²) in [7, 11) is 0. The van der Waals surface area contributed by atoms with Gasteiger partial charge in [0.2, 0.25) is 0 Å². The first-order valence-corrected chi connectivity index (χ1v) is 5.38. The number of Topliss-reactive ketones (excluding diaryl/α,β-unsaturated/α-hetero) is 1. The minimum atomic E-state index is 0.199. The lowest BCUT2D eigenvalue weighted by Crippen LogP contribution is -2.38. The van der Waals surface area contributed by atoms with Crippen LogP contribution in [0.1, 0.15) is 34.1 Å². The molecule has 0 aliphatic carbocycles. The molecule has 1 aliphatic rings. The summed E-state index contributed by atoms with van der Waals surface area (Å²) < 4.78 is 0. The van der Waals surface area contributed by atoms with Crippen molar-refractivity contribution in [1.82, 2.24) is 4.90 Å². The molecule has 0 amide bonds. The van der Waals surface area contributed by atoms with E-state index >= 15 is 0 Å². The topological polar surface area (TPSA) is 20.3 Å². The normalized spacial score (nSPS) is 35.2. The summed E-state index contributed by atoms with van der Waals surface area (Å²) in [6.45, 7) is 10.7. The van der Waals surface area contributed by atoms with Crippen molar-refractivity contribution in [3.8, 4) is 0 Å². The first kappa shape index (κ1) is 10.7. The van der Waals surface area contributed by atoms with Crippen molar-refractivity contribution in [2.45, 2.75) is 40.2 Å². The van der Waals surface area contributed by atoms with Crippen LogP contribution < -0.4 is 0 Å². The van der Waals surface area contributed by atoms with E-state index in [1.165, 1.54) is 0 Å². The lowest BCUT2D eigenvalue weighted by atomic mass is 9.91. The Bertz CT molecular complexity index is 191. The predicted octanol–water partition coefficient (Wildman–Crippen LogP) is 1.94. The lowest BCUT2D eigenvalue weighted by Gasteiger charge is -2.23. The van der Waals surface area contributed by atoms with Gasteiger partial charge in [-0.2, -0.15) is 0 Å². The fraction of sp³-hybridized carbons (Fsp3) is 0.909. The average Bonchev–Trinajstić information content (AvgIpc) is 2.42. The Labute approximate surface area is 81.3 Å². The van der Waals surface area contributed by atoms with Gasteiger partial charge in [-0.25, -0.2) is 0 Å². The fourth-order valence-corrected chi connectivity index (χ4v) is 2.33. The number of likely N-dealkylation sites (tertiary alicyclic amines) is 1. The van der Waals surface area contributed by atoms with Gasteiger partial charge in [0.05, 0.1) is 6.04 Å². The van der Waals surface area contributed by atoms with Crippen LogP contribution in [0.4, 0.5) is 0 Å². The molecule has 1 aliphatic heterocycles. The van der Waals surface area contributed by atoms with Crippen LogP contribution in [0.15, 0.2) is 0 Å². The van der Waals surface area contributed by atoms with Gasteiger partial charge in [0.1, 0.15) is 5.78 Å². The number of carbonyl (C=O) groups is 1. The third-order valence-corrected chi connectivity index (χ3v) is 3.40. The molecule has 0 N–H and O–H groups in total. The summed E-state index contributed by atoms with van der Waals surface area (Å²) in [6, 6.07) is 0.199. The van der Waals surface area contributed by atoms with Gasteiger partial charge in [0.15, 0.2) is 0 Å². The number of ketones is 1. The molecule has 3 atom stereocenters. The van der Waals surface area contributed by atoms with E-state index in [1.807, 2.05) is 6.92 Å². The number of likely N-dealkylation sites (N-methyl/N-ethyl adjacent to an activating group) is 1. The fourth-order valence-electron chi connectivity index (χ4n) is 2.33. The maximum Gasteiger partial charge on any atom is 0.149 e. The first-order chi connectivity index (χ1) is 6.11. The number of carbonyl (C=O) groups excluding carboxylic acids is 1. The summed E-state index contributed by atoms with van der Waals surface area (Å²) in [6.07, 6.45) is 0.679. The van der Waals surface area contributed by atoms with Crippen molar-refractivity contribution in [2.75, 3.05) is 13.1 Å². The molecule has 2 heteroatoms. The summed E-state index contributed by atoms with van der Waals surface area (Å²) in [4.78, 5) is 14.0. The molecule has 0 radical (unpaired) electrons. The quantitative estimate of drug-likeness (QED) is 0.666. The van der Waals surface area contributed by atoms with Crippen LogP contribution in [-0.2, 0) is 4.79 Å². The zero-order chi connectivity index (χ0) is 10.0. The Hall–Kier alpha value is -0.370. The Morgan fingerprint density at radius 1 is 1.38 bits per heavy atom. The molecule has 13 heavy (non-hydrogen) atoms. The van der Waals surface area contributed by atoms with Crippen molar-refractivity contribution >= 4 is 5.78 Å². The van der Waals surface area contributed by atoms with Crippen molar-refractivity contribution in [3.05, 3.63) is 0 Å². The van der Waals surface area contributed by atoms with Crippen LogP contribution in [0.3, 0.4) is 0 Å². The second-order valence-electron chi connectivity index (χ2n) is 4.19. The zero-order valence-electron chi connectivity index (χ0n) is 9.21. The van der Waals surface area contributed by atoms with E-state index in [0.29, 0.717) is 24.0 Å². The highest BCUT2D eigenvalue weighted by Crippen LogP contribution is 2.29. The van der Waals surface area contributed by atoms with E-state index < -0.39 is 0 Å². The largest absolute Gasteiger partial charge is 0.298 e. The number of hydrogen-bond acceptors (Lipinski definition) is 2. The van der Waals surface area contributed by atoms with Crippen LogP contribution in [-0.4, -0.2) is 29.8 Å². The molecule has 0 bridgehead atoms. The molecule has 1 fully saturated rings. The number of hydrogen-bond donors (Lipinski definition) is 0. The van der Waals surface area contributed by atoms with Crippen LogP contribution in [0.2, 0.25) is 0 Å². The number of rotatable bonds is 3. The average molecular weight is 183 g/mol. The Morgan fingerprint density at radius 2 is 2.00 bits per heavy atom. The van der Waals surface area contributed by atoms with E-state index in [1.54, 1.807) is 0 Å².